The number of benzene rings is 2. The fourth-order valence-electron chi connectivity index (χ4n) is 4.64. The lowest BCUT2D eigenvalue weighted by Gasteiger charge is -2.30. The van der Waals surface area contributed by atoms with Gasteiger partial charge in [0, 0.05) is 24.2 Å². The molecule has 0 saturated carbocycles. The summed E-state index contributed by atoms with van der Waals surface area (Å²) >= 11 is 0. The van der Waals surface area contributed by atoms with Crippen molar-refractivity contribution < 1.29 is 14.3 Å². The number of hydrogen-bond donors (Lipinski definition) is 1. The fourth-order valence-corrected chi connectivity index (χ4v) is 4.64. The molecule has 0 radical (unpaired) electrons. The van der Waals surface area contributed by atoms with E-state index in [1.165, 1.54) is 0 Å². The number of fused-ring (bicyclic) bond motifs is 1. The Balaban J connectivity index is 1.18. The molecule has 0 bridgehead atoms. The molecule has 1 saturated heterocycles. The number of piperidine rings is 1. The average molecular weight is 464 g/mol. The Morgan fingerprint density at radius 1 is 1.09 bits per heavy atom. The van der Waals surface area contributed by atoms with Gasteiger partial charge in [-0.15, -0.1) is 0 Å². The zero-order chi connectivity index (χ0) is 23.5. The van der Waals surface area contributed by atoms with E-state index in [0.717, 1.165) is 37.3 Å². The van der Waals surface area contributed by atoms with E-state index in [4.69, 9.17) is 14.6 Å². The molecule has 1 amide bonds. The minimum Gasteiger partial charge on any atom is -0.454 e. The number of hydrogen-bond acceptors (Lipinski definition) is 6. The molecule has 9 heteroatoms. The molecule has 0 unspecified atom stereocenters. The van der Waals surface area contributed by atoms with Gasteiger partial charge in [-0.05, 0) is 50.6 Å². The maximum Gasteiger partial charge on any atom is 0.346 e. The van der Waals surface area contributed by atoms with Crippen molar-refractivity contribution in [1.82, 2.24) is 19.2 Å². The molecule has 9 nitrogen and oxygen atoms in total. The number of nitrogens with zero attached hydrogens (tertiary/aromatic N) is 4. The summed E-state index contributed by atoms with van der Waals surface area (Å²) in [6, 6.07) is 15.3. The third-order valence-electron chi connectivity index (χ3n) is 6.42. The maximum atomic E-state index is 12.9. The first-order valence-electron chi connectivity index (χ1n) is 11.7. The van der Waals surface area contributed by atoms with Crippen LogP contribution in [0.2, 0.25) is 0 Å². The highest BCUT2D eigenvalue weighted by Crippen LogP contribution is 2.34. The zero-order valence-corrected chi connectivity index (χ0v) is 19.3. The number of carbonyl (C=O) groups is 1. The van der Waals surface area contributed by atoms with Crippen LogP contribution >= 0.6 is 0 Å². The number of nitrogens with one attached hydrogen (secondary N) is 1. The van der Waals surface area contributed by atoms with Crippen molar-refractivity contribution in [2.75, 3.05) is 31.7 Å². The van der Waals surface area contributed by atoms with Crippen molar-refractivity contribution in [2.45, 2.75) is 38.8 Å². The van der Waals surface area contributed by atoms with Crippen molar-refractivity contribution in [3.63, 3.8) is 0 Å². The van der Waals surface area contributed by atoms with Gasteiger partial charge in [0.1, 0.15) is 5.82 Å². The van der Waals surface area contributed by atoms with Crippen molar-refractivity contribution in [2.24, 2.45) is 0 Å². The first-order chi connectivity index (χ1) is 16.6. The van der Waals surface area contributed by atoms with E-state index in [1.807, 2.05) is 43.3 Å². The second-order valence-electron chi connectivity index (χ2n) is 8.69. The highest BCUT2D eigenvalue weighted by Gasteiger charge is 2.27. The van der Waals surface area contributed by atoms with Gasteiger partial charge in [-0.2, -0.15) is 5.10 Å². The van der Waals surface area contributed by atoms with Gasteiger partial charge >= 0.3 is 5.69 Å². The number of aromatic nitrogens is 3. The van der Waals surface area contributed by atoms with E-state index in [9.17, 15) is 9.59 Å². The van der Waals surface area contributed by atoms with Crippen LogP contribution in [0, 0.1) is 0 Å². The number of anilines is 1. The van der Waals surface area contributed by atoms with Gasteiger partial charge in [0.15, 0.2) is 11.5 Å². The second kappa shape index (κ2) is 9.72. The van der Waals surface area contributed by atoms with E-state index in [1.54, 1.807) is 21.4 Å². The number of ether oxygens (including phenoxy) is 2. The van der Waals surface area contributed by atoms with Crippen molar-refractivity contribution in [3.8, 4) is 11.5 Å². The van der Waals surface area contributed by atoms with Gasteiger partial charge in [-0.3, -0.25) is 14.3 Å². The molecule has 1 N–H and O–H groups in total. The third-order valence-corrected chi connectivity index (χ3v) is 6.42. The molecular weight excluding hydrogens is 434 g/mol. The van der Waals surface area contributed by atoms with Crippen molar-refractivity contribution in [1.29, 1.82) is 0 Å². The summed E-state index contributed by atoms with van der Waals surface area (Å²) in [4.78, 5) is 27.6. The van der Waals surface area contributed by atoms with Crippen LogP contribution in [0.1, 0.15) is 37.1 Å². The summed E-state index contributed by atoms with van der Waals surface area (Å²) in [6.45, 7) is 5.14. The van der Waals surface area contributed by atoms with Crippen LogP contribution in [0.15, 0.2) is 53.3 Å². The predicted octanol–water partition coefficient (Wildman–Crippen LogP) is 2.66. The Hall–Kier alpha value is -3.59. The van der Waals surface area contributed by atoms with E-state index < -0.39 is 0 Å². The van der Waals surface area contributed by atoms with Crippen LogP contribution in [-0.2, 0) is 17.9 Å². The molecule has 1 fully saturated rings. The van der Waals surface area contributed by atoms with Crippen LogP contribution in [-0.4, -0.2) is 51.6 Å². The van der Waals surface area contributed by atoms with E-state index >= 15 is 0 Å². The lowest BCUT2D eigenvalue weighted by molar-refractivity contribution is -0.117. The van der Waals surface area contributed by atoms with Gasteiger partial charge in [0.05, 0.1) is 13.1 Å². The molecule has 5 rings (SSSR count). The normalized spacial score (nSPS) is 16.0. The van der Waals surface area contributed by atoms with Gasteiger partial charge in [0.2, 0.25) is 12.7 Å². The smallest absolute Gasteiger partial charge is 0.346 e. The summed E-state index contributed by atoms with van der Waals surface area (Å²) in [5.74, 6) is 2.34. The summed E-state index contributed by atoms with van der Waals surface area (Å²) < 4.78 is 14.0. The molecule has 2 aromatic carbocycles. The Morgan fingerprint density at radius 2 is 1.85 bits per heavy atom. The SMILES string of the molecule is CCn1c(C2CCN(CC(=O)Nc3ccc4c(c3)OCO4)CC2)nn(Cc2ccccc2)c1=O. The molecule has 1 aromatic heterocycles. The minimum absolute atomic E-state index is 0.0603. The molecule has 0 spiro atoms. The molecule has 3 heterocycles. The first kappa shape index (κ1) is 22.2. The quantitative estimate of drug-likeness (QED) is 0.579. The summed E-state index contributed by atoms with van der Waals surface area (Å²) in [5.41, 5.74) is 1.69. The molecule has 3 aromatic rings. The number of rotatable bonds is 7. The van der Waals surface area contributed by atoms with Gasteiger partial charge in [-0.25, -0.2) is 9.48 Å². The van der Waals surface area contributed by atoms with E-state index in [2.05, 4.69) is 10.2 Å². The average Bonchev–Trinajstić information content (AvgIpc) is 3.44. The Bertz CT molecular complexity index is 1210. The highest BCUT2D eigenvalue weighted by atomic mass is 16.7. The molecular formula is C25H29N5O4. The minimum atomic E-state index is -0.0631. The molecule has 178 valence electrons. The number of amides is 1. The lowest BCUT2D eigenvalue weighted by atomic mass is 9.96. The van der Waals surface area contributed by atoms with Gasteiger partial charge in [-0.1, -0.05) is 30.3 Å². The molecule has 0 aliphatic carbocycles. The third kappa shape index (κ3) is 4.70. The monoisotopic (exact) mass is 463 g/mol. The maximum absolute atomic E-state index is 12.9. The van der Waals surface area contributed by atoms with Gasteiger partial charge in [0.25, 0.3) is 0 Å². The van der Waals surface area contributed by atoms with E-state index in [-0.39, 0.29) is 24.3 Å². The topological polar surface area (TPSA) is 90.6 Å². The summed E-state index contributed by atoms with van der Waals surface area (Å²) in [5, 5.41) is 7.65. The van der Waals surface area contributed by atoms with Crippen LogP contribution in [0.25, 0.3) is 0 Å². The zero-order valence-electron chi connectivity index (χ0n) is 19.3. The Kier molecular flexibility index (Phi) is 6.35. The molecule has 34 heavy (non-hydrogen) atoms. The van der Waals surface area contributed by atoms with Crippen LogP contribution < -0.4 is 20.5 Å². The fraction of sp³-hybridized carbons (Fsp3) is 0.400. The van der Waals surface area contributed by atoms with E-state index in [0.29, 0.717) is 36.8 Å². The molecule has 2 aliphatic rings. The van der Waals surface area contributed by atoms with Crippen molar-refractivity contribution in [3.05, 3.63) is 70.4 Å². The standard InChI is InChI=1S/C25H29N5O4/c1-2-29-24(27-30(25(29)32)15-18-6-4-3-5-7-18)19-10-12-28(13-11-19)16-23(31)26-20-8-9-21-22(14-20)34-17-33-21/h3-9,14,19H,2,10-13,15-17H2,1H3,(H,26,31). The highest BCUT2D eigenvalue weighted by molar-refractivity contribution is 5.92. The van der Waals surface area contributed by atoms with Gasteiger partial charge < -0.3 is 14.8 Å². The van der Waals surface area contributed by atoms with Crippen LogP contribution in [0.5, 0.6) is 11.5 Å². The lowest BCUT2D eigenvalue weighted by Crippen LogP contribution is -2.39. The molecule has 0 atom stereocenters. The molecule has 2 aliphatic heterocycles. The largest absolute Gasteiger partial charge is 0.454 e. The summed E-state index contributed by atoms with van der Waals surface area (Å²) in [7, 11) is 0. The first-order valence-corrected chi connectivity index (χ1v) is 11.7. The number of likely N-dealkylation sites (tertiary alicyclic amines) is 1. The van der Waals surface area contributed by atoms with Crippen molar-refractivity contribution >= 4 is 11.6 Å². The second-order valence-corrected chi connectivity index (χ2v) is 8.69. The predicted molar refractivity (Wildman–Crippen MR) is 127 cm³/mol. The number of carbonyl (C=O) groups excluding carboxylic acids is 1. The summed E-state index contributed by atoms with van der Waals surface area (Å²) in [6.07, 6.45) is 1.72. The van der Waals surface area contributed by atoms with Crippen LogP contribution in [0.3, 0.4) is 0 Å². The Labute approximate surface area is 197 Å². The Morgan fingerprint density at radius 3 is 2.62 bits per heavy atom. The van der Waals surface area contributed by atoms with Crippen LogP contribution in [0.4, 0.5) is 5.69 Å².